The van der Waals surface area contributed by atoms with Crippen molar-refractivity contribution in [2.45, 2.75) is 30.9 Å². The van der Waals surface area contributed by atoms with Gasteiger partial charge in [-0.1, -0.05) is 30.8 Å². The molecule has 1 aromatic carbocycles. The number of morpholine rings is 1. The summed E-state index contributed by atoms with van der Waals surface area (Å²) >= 11 is 1.57. The molecule has 2 heterocycles. The largest absolute Gasteiger partial charge is 0.378 e. The maximum Gasteiger partial charge on any atom is 0.254 e. The summed E-state index contributed by atoms with van der Waals surface area (Å²) in [6.45, 7) is 6.02. The molecule has 0 N–H and O–H groups in total. The summed E-state index contributed by atoms with van der Waals surface area (Å²) in [6.07, 6.45) is 1.05. The molecule has 0 atom stereocenters. The SMILES string of the molecule is CCCN(C)c1cc(COC)nc(SCc2cccc(C(=O)N3CCOCC3)c2)n1. The molecule has 0 saturated carbocycles. The Kier molecular flexibility index (Phi) is 8.48. The van der Waals surface area contributed by atoms with Crippen LogP contribution in [-0.4, -0.2) is 67.8 Å². The smallest absolute Gasteiger partial charge is 0.254 e. The van der Waals surface area contributed by atoms with Crippen LogP contribution in [0.5, 0.6) is 0 Å². The molecule has 3 rings (SSSR count). The number of anilines is 1. The number of thioether (sulfide) groups is 1. The molecule has 0 spiro atoms. The van der Waals surface area contributed by atoms with Gasteiger partial charge < -0.3 is 19.3 Å². The van der Waals surface area contributed by atoms with Gasteiger partial charge in [0.1, 0.15) is 5.82 Å². The summed E-state index contributed by atoms with van der Waals surface area (Å²) < 4.78 is 10.6. The van der Waals surface area contributed by atoms with Crippen molar-refractivity contribution in [3.63, 3.8) is 0 Å². The molecular formula is C22H30N4O3S. The van der Waals surface area contributed by atoms with Gasteiger partial charge in [-0.05, 0) is 24.1 Å². The lowest BCUT2D eigenvalue weighted by molar-refractivity contribution is 0.0303. The van der Waals surface area contributed by atoms with Crippen LogP contribution in [0.4, 0.5) is 5.82 Å². The van der Waals surface area contributed by atoms with Crippen LogP contribution in [0, 0.1) is 0 Å². The fourth-order valence-corrected chi connectivity index (χ4v) is 4.10. The average Bonchev–Trinajstić information content (AvgIpc) is 2.78. The highest BCUT2D eigenvalue weighted by Crippen LogP contribution is 2.24. The number of hydrogen-bond acceptors (Lipinski definition) is 7. The van der Waals surface area contributed by atoms with Crippen molar-refractivity contribution in [3.05, 3.63) is 47.2 Å². The second-order valence-electron chi connectivity index (χ2n) is 7.25. The lowest BCUT2D eigenvalue weighted by atomic mass is 10.1. The van der Waals surface area contributed by atoms with Gasteiger partial charge in [0.05, 0.1) is 25.5 Å². The Bertz CT molecular complexity index is 843. The van der Waals surface area contributed by atoms with Gasteiger partial charge >= 0.3 is 0 Å². The van der Waals surface area contributed by atoms with Crippen molar-refractivity contribution in [2.75, 3.05) is 51.9 Å². The summed E-state index contributed by atoms with van der Waals surface area (Å²) in [5.41, 5.74) is 2.65. The van der Waals surface area contributed by atoms with Crippen LogP contribution in [0.2, 0.25) is 0 Å². The van der Waals surface area contributed by atoms with Crippen LogP contribution in [0.15, 0.2) is 35.5 Å². The molecule has 162 valence electrons. The first-order valence-corrected chi connectivity index (χ1v) is 11.3. The number of aromatic nitrogens is 2. The lowest BCUT2D eigenvalue weighted by Gasteiger charge is -2.27. The Labute approximate surface area is 182 Å². The van der Waals surface area contributed by atoms with Crippen molar-refractivity contribution in [3.8, 4) is 0 Å². The quantitative estimate of drug-likeness (QED) is 0.447. The Morgan fingerprint density at radius 2 is 2.07 bits per heavy atom. The standard InChI is InChI=1S/C22H30N4O3S/c1-4-8-25(2)20-14-19(15-28-3)23-22(24-20)30-16-17-6-5-7-18(13-17)21(27)26-9-11-29-12-10-26/h5-7,13-14H,4,8-12,15-16H2,1-3H3. The molecule has 8 heteroatoms. The van der Waals surface area contributed by atoms with Crippen LogP contribution in [0.1, 0.15) is 35.0 Å². The molecule has 1 amide bonds. The Morgan fingerprint density at radius 3 is 2.80 bits per heavy atom. The van der Waals surface area contributed by atoms with E-state index in [2.05, 4.69) is 16.8 Å². The number of amides is 1. The van der Waals surface area contributed by atoms with Crippen LogP contribution in [0.3, 0.4) is 0 Å². The number of nitrogens with zero attached hydrogens (tertiary/aromatic N) is 4. The number of hydrogen-bond donors (Lipinski definition) is 0. The molecule has 1 fully saturated rings. The number of rotatable bonds is 9. The van der Waals surface area contributed by atoms with Gasteiger partial charge in [0.15, 0.2) is 5.16 Å². The monoisotopic (exact) mass is 430 g/mol. The third-order valence-corrected chi connectivity index (χ3v) is 5.75. The molecule has 7 nitrogen and oxygen atoms in total. The highest BCUT2D eigenvalue weighted by molar-refractivity contribution is 7.98. The predicted molar refractivity (Wildman–Crippen MR) is 119 cm³/mol. The minimum absolute atomic E-state index is 0.0620. The maximum absolute atomic E-state index is 12.7. The molecule has 2 aromatic rings. The summed E-state index contributed by atoms with van der Waals surface area (Å²) in [7, 11) is 3.71. The van der Waals surface area contributed by atoms with Crippen LogP contribution in [-0.2, 0) is 21.8 Å². The van der Waals surface area contributed by atoms with Gasteiger partial charge in [-0.25, -0.2) is 9.97 Å². The summed E-state index contributed by atoms with van der Waals surface area (Å²) in [5.74, 6) is 1.65. The fraction of sp³-hybridized carbons (Fsp3) is 0.500. The molecule has 0 aliphatic carbocycles. The molecule has 1 aliphatic rings. The van der Waals surface area contributed by atoms with E-state index in [0.717, 1.165) is 30.0 Å². The van der Waals surface area contributed by atoms with E-state index in [0.29, 0.717) is 49.4 Å². The van der Waals surface area contributed by atoms with Crippen molar-refractivity contribution in [2.24, 2.45) is 0 Å². The molecule has 0 unspecified atom stereocenters. The van der Waals surface area contributed by atoms with E-state index in [1.165, 1.54) is 0 Å². The van der Waals surface area contributed by atoms with Crippen molar-refractivity contribution < 1.29 is 14.3 Å². The first-order chi connectivity index (χ1) is 14.6. The minimum atomic E-state index is 0.0620. The summed E-state index contributed by atoms with van der Waals surface area (Å²) in [4.78, 5) is 26.1. The van der Waals surface area contributed by atoms with E-state index in [1.807, 2.05) is 42.3 Å². The Balaban J connectivity index is 1.70. The van der Waals surface area contributed by atoms with E-state index in [4.69, 9.17) is 14.5 Å². The molecule has 30 heavy (non-hydrogen) atoms. The average molecular weight is 431 g/mol. The minimum Gasteiger partial charge on any atom is -0.378 e. The lowest BCUT2D eigenvalue weighted by Crippen LogP contribution is -2.40. The first kappa shape index (κ1) is 22.5. The molecule has 0 radical (unpaired) electrons. The van der Waals surface area contributed by atoms with E-state index in [-0.39, 0.29) is 5.91 Å². The molecular weight excluding hydrogens is 400 g/mol. The molecule has 1 aliphatic heterocycles. The van der Waals surface area contributed by atoms with E-state index in [9.17, 15) is 4.79 Å². The molecule has 0 bridgehead atoms. The van der Waals surface area contributed by atoms with Crippen LogP contribution >= 0.6 is 11.8 Å². The zero-order valence-corrected chi connectivity index (χ0v) is 18.8. The predicted octanol–water partition coefficient (Wildman–Crippen LogP) is 3.23. The number of carbonyl (C=O) groups excluding carboxylic acids is 1. The van der Waals surface area contributed by atoms with Crippen molar-refractivity contribution in [1.29, 1.82) is 0 Å². The number of ether oxygens (including phenoxy) is 2. The number of methoxy groups -OCH3 is 1. The maximum atomic E-state index is 12.7. The van der Waals surface area contributed by atoms with Crippen LogP contribution in [0.25, 0.3) is 0 Å². The topological polar surface area (TPSA) is 67.8 Å². The van der Waals surface area contributed by atoms with Gasteiger partial charge in [-0.3, -0.25) is 4.79 Å². The van der Waals surface area contributed by atoms with E-state index in [1.54, 1.807) is 18.9 Å². The highest BCUT2D eigenvalue weighted by atomic mass is 32.2. The van der Waals surface area contributed by atoms with Gasteiger partial charge in [-0.15, -0.1) is 0 Å². The Morgan fingerprint density at radius 1 is 1.27 bits per heavy atom. The summed E-state index contributed by atoms with van der Waals surface area (Å²) in [5, 5.41) is 0.715. The second kappa shape index (κ2) is 11.3. The third kappa shape index (κ3) is 6.17. The summed E-state index contributed by atoms with van der Waals surface area (Å²) in [6, 6.07) is 9.79. The number of carbonyl (C=O) groups is 1. The van der Waals surface area contributed by atoms with Gasteiger partial charge in [-0.2, -0.15) is 0 Å². The molecule has 1 aromatic heterocycles. The Hall–Kier alpha value is -2.16. The first-order valence-electron chi connectivity index (χ1n) is 10.3. The van der Waals surface area contributed by atoms with Gasteiger partial charge in [0, 0.05) is 51.2 Å². The second-order valence-corrected chi connectivity index (χ2v) is 8.19. The normalized spacial score (nSPS) is 14.0. The van der Waals surface area contributed by atoms with Gasteiger partial charge in [0.25, 0.3) is 5.91 Å². The molecule has 1 saturated heterocycles. The van der Waals surface area contributed by atoms with E-state index >= 15 is 0 Å². The number of benzene rings is 1. The fourth-order valence-electron chi connectivity index (χ4n) is 3.28. The van der Waals surface area contributed by atoms with Crippen molar-refractivity contribution in [1.82, 2.24) is 14.9 Å². The zero-order valence-electron chi connectivity index (χ0n) is 18.0. The zero-order chi connectivity index (χ0) is 21.3. The van der Waals surface area contributed by atoms with E-state index < -0.39 is 0 Å². The van der Waals surface area contributed by atoms with Crippen LogP contribution < -0.4 is 4.90 Å². The highest BCUT2D eigenvalue weighted by Gasteiger charge is 2.18. The van der Waals surface area contributed by atoms with Crippen molar-refractivity contribution >= 4 is 23.5 Å². The van der Waals surface area contributed by atoms with Gasteiger partial charge in [0.2, 0.25) is 0 Å². The third-order valence-electron chi connectivity index (χ3n) is 4.83.